The molecular formula is C46H35N5S2. The van der Waals surface area contributed by atoms with E-state index in [0.29, 0.717) is 23.2 Å². The van der Waals surface area contributed by atoms with Crippen LogP contribution in [0, 0.1) is 13.8 Å². The topological polar surface area (TPSA) is 63.9 Å². The van der Waals surface area contributed by atoms with Crippen LogP contribution in [0.15, 0.2) is 156 Å². The summed E-state index contributed by atoms with van der Waals surface area (Å²) >= 11 is 3.53. The molecule has 0 saturated carbocycles. The van der Waals surface area contributed by atoms with E-state index in [4.69, 9.17) is 24.9 Å². The molecule has 0 unspecified atom stereocenters. The van der Waals surface area contributed by atoms with Crippen molar-refractivity contribution in [2.45, 2.75) is 20.8 Å². The first kappa shape index (κ1) is 34.0. The lowest BCUT2D eigenvalue weighted by Crippen LogP contribution is -2.00. The van der Waals surface area contributed by atoms with Gasteiger partial charge in [-0.1, -0.05) is 122 Å². The van der Waals surface area contributed by atoms with Crippen molar-refractivity contribution in [1.29, 1.82) is 0 Å². The first-order chi connectivity index (χ1) is 25.9. The molecule has 0 aliphatic rings. The van der Waals surface area contributed by atoms with Crippen LogP contribution in [0.25, 0.3) is 73.2 Å². The Hall–Kier alpha value is -6.15. The fourth-order valence-corrected chi connectivity index (χ4v) is 8.20. The first-order valence-corrected chi connectivity index (χ1v) is 19.1. The third kappa shape index (κ3) is 7.05. The Morgan fingerprint density at radius 3 is 1.58 bits per heavy atom. The summed E-state index contributed by atoms with van der Waals surface area (Å²) in [4.78, 5) is 27.0. The van der Waals surface area contributed by atoms with E-state index >= 15 is 0 Å². The molecule has 0 spiro atoms. The van der Waals surface area contributed by atoms with Crippen molar-refractivity contribution in [3.8, 4) is 67.5 Å². The predicted molar refractivity (Wildman–Crippen MR) is 223 cm³/mol. The Kier molecular flexibility index (Phi) is 9.51. The van der Waals surface area contributed by atoms with E-state index in [0.717, 1.165) is 50.3 Å². The van der Waals surface area contributed by atoms with Crippen LogP contribution in [-0.2, 0) is 0 Å². The largest absolute Gasteiger partial charge is 0.254 e. The van der Waals surface area contributed by atoms with Gasteiger partial charge in [0, 0.05) is 66.2 Å². The summed E-state index contributed by atoms with van der Waals surface area (Å²) in [7, 11) is 0. The van der Waals surface area contributed by atoms with Gasteiger partial charge in [-0.25, -0.2) is 15.0 Å². The summed E-state index contributed by atoms with van der Waals surface area (Å²) in [6, 6.07) is 43.0. The number of thiophene rings is 2. The maximum Gasteiger partial charge on any atom is 0.164 e. The van der Waals surface area contributed by atoms with Gasteiger partial charge in [0.1, 0.15) is 0 Å². The zero-order chi connectivity index (χ0) is 36.3. The number of nitrogens with zero attached hydrogens (tertiary/aromatic N) is 5. The molecule has 0 aliphatic carbocycles. The van der Waals surface area contributed by atoms with Crippen LogP contribution in [-0.4, -0.2) is 25.6 Å². The molecule has 7 heteroatoms. The van der Waals surface area contributed by atoms with Gasteiger partial charge >= 0.3 is 0 Å². The highest BCUT2D eigenvalue weighted by molar-refractivity contribution is 7.12. The van der Waals surface area contributed by atoms with Crippen LogP contribution in [0.1, 0.15) is 27.9 Å². The van der Waals surface area contributed by atoms with E-state index in [-0.39, 0.29) is 0 Å². The van der Waals surface area contributed by atoms with E-state index in [1.54, 1.807) is 22.7 Å². The maximum atomic E-state index is 4.99. The van der Waals surface area contributed by atoms with Gasteiger partial charge in [0.25, 0.3) is 0 Å². The van der Waals surface area contributed by atoms with Crippen LogP contribution in [0.5, 0.6) is 0 Å². The van der Waals surface area contributed by atoms with Crippen molar-refractivity contribution in [2.75, 3.05) is 0 Å². The average molecular weight is 722 g/mol. The standard InChI is InChI=1S/C46H35N5S2/c1-29(33-15-8-5-9-16-33)48-30(2)41-24-23-38(26-47-41)40-28-53-32(4)43(40)42-31(3)52-27-39(42)36-21-14-22-37(25-36)46-50-44(34-17-10-6-11-18-34)49-45(51-46)35-19-12-7-13-20-35/h5-28H,2H2,1,3-4H3/b48-29+. The van der Waals surface area contributed by atoms with E-state index in [1.807, 2.05) is 98.0 Å². The highest BCUT2D eigenvalue weighted by Gasteiger charge is 2.21. The summed E-state index contributed by atoms with van der Waals surface area (Å²) in [5.41, 5.74) is 13.2. The minimum absolute atomic E-state index is 0.636. The second kappa shape index (κ2) is 14.8. The highest BCUT2D eigenvalue weighted by Crippen LogP contribution is 2.47. The Labute approximate surface area is 317 Å². The number of aryl methyl sites for hydroxylation is 2. The Morgan fingerprint density at radius 2 is 1.04 bits per heavy atom. The molecule has 4 heterocycles. The summed E-state index contributed by atoms with van der Waals surface area (Å²) in [5, 5.41) is 4.51. The van der Waals surface area contributed by atoms with Crippen molar-refractivity contribution in [2.24, 2.45) is 4.99 Å². The van der Waals surface area contributed by atoms with Crippen molar-refractivity contribution in [3.63, 3.8) is 0 Å². The van der Waals surface area contributed by atoms with Gasteiger partial charge in [-0.3, -0.25) is 9.98 Å². The van der Waals surface area contributed by atoms with Crippen molar-refractivity contribution in [3.05, 3.63) is 172 Å². The van der Waals surface area contributed by atoms with Crippen molar-refractivity contribution in [1.82, 2.24) is 19.9 Å². The quantitative estimate of drug-likeness (QED) is 0.139. The normalized spacial score (nSPS) is 11.5. The van der Waals surface area contributed by atoms with E-state index in [2.05, 4.69) is 73.7 Å². The van der Waals surface area contributed by atoms with Crippen LogP contribution in [0.2, 0.25) is 0 Å². The Morgan fingerprint density at radius 1 is 0.547 bits per heavy atom. The predicted octanol–water partition coefficient (Wildman–Crippen LogP) is 12.5. The lowest BCUT2D eigenvalue weighted by atomic mass is 9.92. The summed E-state index contributed by atoms with van der Waals surface area (Å²) < 4.78 is 0. The number of aromatic nitrogens is 4. The molecule has 0 N–H and O–H groups in total. The SMILES string of the molecule is C=C(/N=C(\C)c1ccccc1)c1ccc(-c2csc(C)c2-c2c(-c3cccc(-c4nc(-c5ccccc5)nc(-c5ccccc5)n4)c3)csc2C)cn1. The van der Waals surface area contributed by atoms with Crippen molar-refractivity contribution >= 4 is 34.1 Å². The van der Waals surface area contributed by atoms with Gasteiger partial charge in [-0.2, -0.15) is 0 Å². The molecule has 0 amide bonds. The molecule has 53 heavy (non-hydrogen) atoms. The average Bonchev–Trinajstić information content (AvgIpc) is 3.79. The molecule has 256 valence electrons. The number of benzene rings is 4. The minimum Gasteiger partial charge on any atom is -0.254 e. The van der Waals surface area contributed by atoms with E-state index in [1.165, 1.54) is 26.4 Å². The van der Waals surface area contributed by atoms with Gasteiger partial charge < -0.3 is 0 Å². The summed E-state index contributed by atoms with van der Waals surface area (Å²) in [6.07, 6.45) is 1.94. The van der Waals surface area contributed by atoms with Gasteiger partial charge in [0.15, 0.2) is 17.5 Å². The molecule has 0 fully saturated rings. The van der Waals surface area contributed by atoms with E-state index < -0.39 is 0 Å². The van der Waals surface area contributed by atoms with Crippen LogP contribution in [0.4, 0.5) is 0 Å². The number of pyridine rings is 1. The molecular weight excluding hydrogens is 687 g/mol. The molecule has 0 saturated heterocycles. The minimum atomic E-state index is 0.636. The number of hydrogen-bond acceptors (Lipinski definition) is 7. The number of rotatable bonds is 9. The fourth-order valence-electron chi connectivity index (χ4n) is 6.45. The number of hydrogen-bond donors (Lipinski definition) is 0. The van der Waals surface area contributed by atoms with Gasteiger partial charge in [-0.05, 0) is 54.8 Å². The Balaban J connectivity index is 1.15. The third-order valence-electron chi connectivity index (χ3n) is 9.20. The second-order valence-corrected chi connectivity index (χ2v) is 14.9. The zero-order valence-corrected chi connectivity index (χ0v) is 31.2. The summed E-state index contributed by atoms with van der Waals surface area (Å²) in [6.45, 7) is 10.6. The number of aliphatic imine (C=N–C) groups is 1. The Bertz CT molecular complexity index is 2530. The van der Waals surface area contributed by atoms with Crippen molar-refractivity contribution < 1.29 is 0 Å². The molecule has 8 rings (SSSR count). The molecule has 8 aromatic rings. The second-order valence-electron chi connectivity index (χ2n) is 12.7. The molecule has 0 bridgehead atoms. The van der Waals surface area contributed by atoms with E-state index in [9.17, 15) is 0 Å². The fraction of sp³-hybridized carbons (Fsp3) is 0.0652. The zero-order valence-electron chi connectivity index (χ0n) is 29.6. The summed E-state index contributed by atoms with van der Waals surface area (Å²) in [5.74, 6) is 1.93. The van der Waals surface area contributed by atoms with Crippen LogP contribution in [0.3, 0.4) is 0 Å². The maximum absolute atomic E-state index is 4.99. The molecule has 0 atom stereocenters. The highest BCUT2D eigenvalue weighted by atomic mass is 32.1. The monoisotopic (exact) mass is 721 g/mol. The van der Waals surface area contributed by atoms with Gasteiger partial charge in [0.2, 0.25) is 0 Å². The van der Waals surface area contributed by atoms with Crippen LogP contribution >= 0.6 is 22.7 Å². The lowest BCUT2D eigenvalue weighted by molar-refractivity contribution is 1.07. The van der Waals surface area contributed by atoms with Gasteiger partial charge in [0.05, 0.1) is 11.4 Å². The third-order valence-corrected chi connectivity index (χ3v) is 11.0. The smallest absolute Gasteiger partial charge is 0.164 e. The van der Waals surface area contributed by atoms with Crippen LogP contribution < -0.4 is 0 Å². The van der Waals surface area contributed by atoms with Gasteiger partial charge in [-0.15, -0.1) is 22.7 Å². The molecule has 0 aliphatic heterocycles. The molecule has 4 aromatic heterocycles. The molecule has 0 radical (unpaired) electrons. The lowest BCUT2D eigenvalue weighted by Gasteiger charge is -2.12. The molecule has 4 aromatic carbocycles. The first-order valence-electron chi connectivity index (χ1n) is 17.3. The molecule has 5 nitrogen and oxygen atoms in total.